The van der Waals surface area contributed by atoms with Crippen LogP contribution in [-0.2, 0) is 0 Å². The van der Waals surface area contributed by atoms with Gasteiger partial charge in [-0.3, -0.25) is 0 Å². The van der Waals surface area contributed by atoms with Gasteiger partial charge in [0.2, 0.25) is 0 Å². The molecule has 0 aliphatic heterocycles. The van der Waals surface area contributed by atoms with Crippen LogP contribution in [-0.4, -0.2) is 24.4 Å². The highest BCUT2D eigenvalue weighted by molar-refractivity contribution is 5.42. The predicted molar refractivity (Wildman–Crippen MR) is 66.6 cm³/mol. The first kappa shape index (κ1) is 12.2. The fourth-order valence-electron chi connectivity index (χ4n) is 2.25. The van der Waals surface area contributed by atoms with E-state index in [1.165, 1.54) is 0 Å². The summed E-state index contributed by atoms with van der Waals surface area (Å²) in [6.07, 6.45) is 3.51. The van der Waals surface area contributed by atoms with Crippen LogP contribution in [0.15, 0.2) is 18.2 Å². The molecule has 1 aromatic carbocycles. The van der Waals surface area contributed by atoms with Crippen molar-refractivity contribution in [3.05, 3.63) is 23.8 Å². The third kappa shape index (κ3) is 2.91. The third-order valence-corrected chi connectivity index (χ3v) is 3.27. The largest absolute Gasteiger partial charge is 0.493 e. The van der Waals surface area contributed by atoms with Crippen molar-refractivity contribution in [2.75, 3.05) is 7.11 Å². The van der Waals surface area contributed by atoms with Crippen LogP contribution in [0.2, 0.25) is 0 Å². The van der Waals surface area contributed by atoms with Crippen molar-refractivity contribution in [2.45, 2.75) is 44.8 Å². The number of hydrogen-bond acceptors (Lipinski definition) is 3. The molecule has 17 heavy (non-hydrogen) atoms. The third-order valence-electron chi connectivity index (χ3n) is 3.27. The van der Waals surface area contributed by atoms with Crippen LogP contribution < -0.4 is 9.47 Å². The molecule has 2 unspecified atom stereocenters. The second-order valence-electron chi connectivity index (χ2n) is 4.66. The molecule has 3 heteroatoms. The molecule has 94 valence electrons. The zero-order chi connectivity index (χ0) is 12.3. The van der Waals surface area contributed by atoms with Crippen LogP contribution in [0.4, 0.5) is 0 Å². The van der Waals surface area contributed by atoms with E-state index in [0.29, 0.717) is 0 Å². The summed E-state index contributed by atoms with van der Waals surface area (Å²) in [5, 5.41) is 9.88. The van der Waals surface area contributed by atoms with E-state index in [1.54, 1.807) is 7.11 Å². The van der Waals surface area contributed by atoms with Gasteiger partial charge in [0, 0.05) is 0 Å². The highest BCUT2D eigenvalue weighted by atomic mass is 16.5. The van der Waals surface area contributed by atoms with E-state index >= 15 is 0 Å². The summed E-state index contributed by atoms with van der Waals surface area (Å²) in [4.78, 5) is 0. The summed E-state index contributed by atoms with van der Waals surface area (Å²) in [5.41, 5.74) is 1.14. The summed E-state index contributed by atoms with van der Waals surface area (Å²) in [7, 11) is 1.64. The molecule has 1 fully saturated rings. The van der Waals surface area contributed by atoms with Crippen molar-refractivity contribution >= 4 is 0 Å². The van der Waals surface area contributed by atoms with Crippen LogP contribution >= 0.6 is 0 Å². The Morgan fingerprint density at radius 3 is 2.65 bits per heavy atom. The van der Waals surface area contributed by atoms with E-state index in [4.69, 9.17) is 9.47 Å². The molecule has 0 aromatic heterocycles. The Balaban J connectivity index is 2.11. The van der Waals surface area contributed by atoms with E-state index in [0.717, 1.165) is 42.7 Å². The maximum atomic E-state index is 9.88. The molecule has 1 aromatic rings. The molecule has 0 bridgehead atoms. The summed E-state index contributed by atoms with van der Waals surface area (Å²) in [5.74, 6) is 1.46. The van der Waals surface area contributed by atoms with Gasteiger partial charge in [0.1, 0.15) is 6.10 Å². The molecule has 1 aliphatic carbocycles. The monoisotopic (exact) mass is 236 g/mol. The van der Waals surface area contributed by atoms with Gasteiger partial charge in [0.25, 0.3) is 0 Å². The first-order chi connectivity index (χ1) is 8.20. The van der Waals surface area contributed by atoms with Gasteiger partial charge in [-0.2, -0.15) is 0 Å². The molecule has 3 nitrogen and oxygen atoms in total. The number of aliphatic hydroxyl groups excluding tert-OH is 1. The van der Waals surface area contributed by atoms with Gasteiger partial charge in [0.15, 0.2) is 11.5 Å². The molecule has 0 amide bonds. The fourth-order valence-corrected chi connectivity index (χ4v) is 2.25. The smallest absolute Gasteiger partial charge is 0.161 e. The lowest BCUT2D eigenvalue weighted by molar-refractivity contribution is 0.00567. The molecule has 0 saturated heterocycles. The summed E-state index contributed by atoms with van der Waals surface area (Å²) < 4.78 is 11.2. The standard InChI is InChI=1S/C14H20O3/c1-10-7-8-13(14(9-10)16-2)17-12-6-4-3-5-11(12)15/h7-9,11-12,15H,3-6H2,1-2H3. The minimum absolute atomic E-state index is 0.0969. The van der Waals surface area contributed by atoms with Crippen molar-refractivity contribution in [2.24, 2.45) is 0 Å². The number of benzene rings is 1. The van der Waals surface area contributed by atoms with Crippen LogP contribution in [0.1, 0.15) is 31.2 Å². The SMILES string of the molecule is COc1cc(C)ccc1OC1CCCCC1O. The van der Waals surface area contributed by atoms with Gasteiger partial charge in [-0.05, 0) is 43.9 Å². The molecule has 0 radical (unpaired) electrons. The van der Waals surface area contributed by atoms with Crippen molar-refractivity contribution in [3.8, 4) is 11.5 Å². The Hall–Kier alpha value is -1.22. The Kier molecular flexibility index (Phi) is 3.89. The molecule has 2 atom stereocenters. The number of aryl methyl sites for hydroxylation is 1. The Morgan fingerprint density at radius 2 is 1.94 bits per heavy atom. The maximum Gasteiger partial charge on any atom is 0.161 e. The number of rotatable bonds is 3. The average Bonchev–Trinajstić information content (AvgIpc) is 2.34. The zero-order valence-electron chi connectivity index (χ0n) is 10.5. The van der Waals surface area contributed by atoms with Crippen LogP contribution in [0.25, 0.3) is 0 Å². The lowest BCUT2D eigenvalue weighted by atomic mass is 9.95. The number of ether oxygens (including phenoxy) is 2. The lowest BCUT2D eigenvalue weighted by Crippen LogP contribution is -2.34. The molecule has 0 spiro atoms. The minimum Gasteiger partial charge on any atom is -0.493 e. The van der Waals surface area contributed by atoms with Crippen LogP contribution in [0, 0.1) is 6.92 Å². The van der Waals surface area contributed by atoms with E-state index in [-0.39, 0.29) is 12.2 Å². The Labute approximate surface area is 102 Å². The molecule has 1 N–H and O–H groups in total. The quantitative estimate of drug-likeness (QED) is 0.877. The van der Waals surface area contributed by atoms with Crippen molar-refractivity contribution in [1.82, 2.24) is 0 Å². The van der Waals surface area contributed by atoms with Gasteiger partial charge < -0.3 is 14.6 Å². The Morgan fingerprint density at radius 1 is 1.18 bits per heavy atom. The average molecular weight is 236 g/mol. The van der Waals surface area contributed by atoms with Gasteiger partial charge in [-0.25, -0.2) is 0 Å². The maximum absolute atomic E-state index is 9.88. The van der Waals surface area contributed by atoms with Crippen molar-refractivity contribution < 1.29 is 14.6 Å². The van der Waals surface area contributed by atoms with Crippen LogP contribution in [0.3, 0.4) is 0 Å². The van der Waals surface area contributed by atoms with Gasteiger partial charge in [-0.1, -0.05) is 12.5 Å². The number of aliphatic hydroxyl groups is 1. The lowest BCUT2D eigenvalue weighted by Gasteiger charge is -2.28. The number of hydrogen-bond donors (Lipinski definition) is 1. The molecule has 2 rings (SSSR count). The molecule has 1 aliphatic rings. The van der Waals surface area contributed by atoms with Gasteiger partial charge in [0.05, 0.1) is 13.2 Å². The highest BCUT2D eigenvalue weighted by Gasteiger charge is 2.25. The second kappa shape index (κ2) is 5.41. The summed E-state index contributed by atoms with van der Waals surface area (Å²) in [6, 6.07) is 5.85. The highest BCUT2D eigenvalue weighted by Crippen LogP contribution is 2.31. The van der Waals surface area contributed by atoms with Crippen molar-refractivity contribution in [3.63, 3.8) is 0 Å². The predicted octanol–water partition coefficient (Wildman–Crippen LogP) is 2.69. The van der Waals surface area contributed by atoms with E-state index in [1.807, 2.05) is 25.1 Å². The van der Waals surface area contributed by atoms with Gasteiger partial charge >= 0.3 is 0 Å². The fraction of sp³-hybridized carbons (Fsp3) is 0.571. The minimum atomic E-state index is -0.352. The van der Waals surface area contributed by atoms with E-state index in [2.05, 4.69) is 0 Å². The van der Waals surface area contributed by atoms with E-state index in [9.17, 15) is 5.11 Å². The first-order valence-corrected chi connectivity index (χ1v) is 6.20. The Bertz CT molecular complexity index is 376. The first-order valence-electron chi connectivity index (χ1n) is 6.20. The molecular formula is C14H20O3. The summed E-state index contributed by atoms with van der Waals surface area (Å²) >= 11 is 0. The molecule has 0 heterocycles. The summed E-state index contributed by atoms with van der Waals surface area (Å²) in [6.45, 7) is 2.02. The van der Waals surface area contributed by atoms with Crippen molar-refractivity contribution in [1.29, 1.82) is 0 Å². The van der Waals surface area contributed by atoms with Crippen LogP contribution in [0.5, 0.6) is 11.5 Å². The normalized spacial score (nSPS) is 24.4. The zero-order valence-corrected chi connectivity index (χ0v) is 10.5. The second-order valence-corrected chi connectivity index (χ2v) is 4.66. The van der Waals surface area contributed by atoms with E-state index < -0.39 is 0 Å². The topological polar surface area (TPSA) is 38.7 Å². The molecule has 1 saturated carbocycles. The number of methoxy groups -OCH3 is 1. The molecular weight excluding hydrogens is 216 g/mol. The van der Waals surface area contributed by atoms with Gasteiger partial charge in [-0.15, -0.1) is 0 Å².